The normalized spacial score (nSPS) is 26.9. The predicted octanol–water partition coefficient (Wildman–Crippen LogP) is 1.67. The molecule has 4 nitrogen and oxygen atoms in total. The van der Waals surface area contributed by atoms with E-state index in [9.17, 15) is 4.79 Å². The molecule has 0 radical (unpaired) electrons. The number of carbonyl (C=O) groups is 1. The van der Waals surface area contributed by atoms with E-state index >= 15 is 0 Å². The Morgan fingerprint density at radius 3 is 2.83 bits per heavy atom. The van der Waals surface area contributed by atoms with E-state index in [0.717, 1.165) is 45.2 Å². The number of rotatable bonds is 6. The molecule has 1 aliphatic heterocycles. The molecule has 100 valence electrons. The molecule has 0 bridgehead atoms. The van der Waals surface area contributed by atoms with Gasteiger partial charge in [-0.1, -0.05) is 13.3 Å². The molecule has 1 aliphatic carbocycles. The second kappa shape index (κ2) is 5.71. The molecule has 1 heterocycles. The Morgan fingerprint density at radius 1 is 1.56 bits per heavy atom. The third-order valence-corrected chi connectivity index (χ3v) is 4.14. The summed E-state index contributed by atoms with van der Waals surface area (Å²) in [4.78, 5) is 14.8. The molecule has 0 aromatic rings. The lowest BCUT2D eigenvalue weighted by Crippen LogP contribution is -2.46. The minimum Gasteiger partial charge on any atom is -0.338 e. The second-order valence-electron chi connectivity index (χ2n) is 5.59. The summed E-state index contributed by atoms with van der Waals surface area (Å²) in [7, 11) is 0. The van der Waals surface area contributed by atoms with E-state index in [-0.39, 0.29) is 5.41 Å². The Balaban J connectivity index is 2.07. The first-order valence-electron chi connectivity index (χ1n) is 7.12. The quantitative estimate of drug-likeness (QED) is 0.779. The van der Waals surface area contributed by atoms with Crippen LogP contribution >= 0.6 is 0 Å². The van der Waals surface area contributed by atoms with Crippen LogP contribution in [0.2, 0.25) is 0 Å². The molecular formula is C14H23N3O. The molecule has 0 aromatic heterocycles. The second-order valence-corrected chi connectivity index (χ2v) is 5.59. The third kappa shape index (κ3) is 2.67. The number of amides is 1. The van der Waals surface area contributed by atoms with Gasteiger partial charge < -0.3 is 10.2 Å². The largest absolute Gasteiger partial charge is 0.338 e. The number of hydrogen-bond donors (Lipinski definition) is 1. The molecule has 0 aromatic carbocycles. The summed E-state index contributed by atoms with van der Waals surface area (Å²) in [6, 6.07) is 2.58. The monoisotopic (exact) mass is 249 g/mol. The van der Waals surface area contributed by atoms with Crippen LogP contribution in [0.1, 0.15) is 45.4 Å². The van der Waals surface area contributed by atoms with Gasteiger partial charge in [-0.05, 0) is 32.2 Å². The maximum absolute atomic E-state index is 12.8. The highest BCUT2D eigenvalue weighted by Crippen LogP contribution is 2.37. The maximum Gasteiger partial charge on any atom is 0.230 e. The van der Waals surface area contributed by atoms with E-state index in [2.05, 4.69) is 18.3 Å². The Labute approximate surface area is 109 Å². The van der Waals surface area contributed by atoms with Crippen molar-refractivity contribution in [1.82, 2.24) is 10.2 Å². The molecule has 1 atom stereocenters. The number of nitriles is 1. The van der Waals surface area contributed by atoms with Crippen LogP contribution in [0.25, 0.3) is 0 Å². The number of nitrogens with one attached hydrogen (secondary N) is 1. The van der Waals surface area contributed by atoms with Crippen LogP contribution in [-0.4, -0.2) is 36.5 Å². The molecule has 1 N–H and O–H groups in total. The highest BCUT2D eigenvalue weighted by atomic mass is 16.2. The van der Waals surface area contributed by atoms with Gasteiger partial charge in [-0.3, -0.25) is 4.79 Å². The van der Waals surface area contributed by atoms with Crippen molar-refractivity contribution in [2.75, 3.05) is 19.6 Å². The summed E-state index contributed by atoms with van der Waals surface area (Å²) < 4.78 is 0. The van der Waals surface area contributed by atoms with Gasteiger partial charge in [0.2, 0.25) is 5.91 Å². The summed E-state index contributed by atoms with van der Waals surface area (Å²) >= 11 is 0. The SMILES string of the molecule is CCCC1(C(=O)N(CCC#N)C2CC2)CCNC1. The molecule has 2 fully saturated rings. The first kappa shape index (κ1) is 13.4. The molecular weight excluding hydrogens is 226 g/mol. The first-order chi connectivity index (χ1) is 8.73. The fourth-order valence-corrected chi connectivity index (χ4v) is 3.04. The van der Waals surface area contributed by atoms with Crippen LogP contribution < -0.4 is 5.32 Å². The van der Waals surface area contributed by atoms with E-state index in [0.29, 0.717) is 24.9 Å². The summed E-state index contributed by atoms with van der Waals surface area (Å²) in [5, 5.41) is 12.1. The zero-order chi connectivity index (χ0) is 13.0. The lowest BCUT2D eigenvalue weighted by atomic mass is 9.81. The van der Waals surface area contributed by atoms with E-state index in [1.54, 1.807) is 0 Å². The van der Waals surface area contributed by atoms with Crippen LogP contribution in [0, 0.1) is 16.7 Å². The fourth-order valence-electron chi connectivity index (χ4n) is 3.04. The van der Waals surface area contributed by atoms with Crippen LogP contribution in [0.5, 0.6) is 0 Å². The third-order valence-electron chi connectivity index (χ3n) is 4.14. The van der Waals surface area contributed by atoms with E-state index in [1.165, 1.54) is 0 Å². The highest BCUT2D eigenvalue weighted by molar-refractivity contribution is 5.84. The molecule has 18 heavy (non-hydrogen) atoms. The van der Waals surface area contributed by atoms with Gasteiger partial charge in [0.1, 0.15) is 0 Å². The molecule has 2 rings (SSSR count). The number of carbonyl (C=O) groups excluding carboxylic acids is 1. The topological polar surface area (TPSA) is 56.1 Å². The molecule has 1 saturated heterocycles. The Morgan fingerprint density at radius 2 is 2.33 bits per heavy atom. The number of nitrogens with zero attached hydrogens (tertiary/aromatic N) is 2. The van der Waals surface area contributed by atoms with Crippen molar-refractivity contribution in [1.29, 1.82) is 5.26 Å². The lowest BCUT2D eigenvalue weighted by molar-refractivity contribution is -0.142. The summed E-state index contributed by atoms with van der Waals surface area (Å²) in [6.45, 7) is 4.52. The average molecular weight is 249 g/mol. The fraction of sp³-hybridized carbons (Fsp3) is 0.857. The Kier molecular flexibility index (Phi) is 4.23. The minimum absolute atomic E-state index is 0.188. The van der Waals surface area contributed by atoms with E-state index in [4.69, 9.17) is 5.26 Å². The molecule has 0 spiro atoms. The molecule has 1 unspecified atom stereocenters. The minimum atomic E-state index is -0.188. The van der Waals surface area contributed by atoms with Crippen molar-refractivity contribution < 1.29 is 4.79 Å². The van der Waals surface area contributed by atoms with Gasteiger partial charge >= 0.3 is 0 Å². The summed E-state index contributed by atoms with van der Waals surface area (Å²) in [6.07, 6.45) is 5.66. The van der Waals surface area contributed by atoms with Crippen molar-refractivity contribution >= 4 is 5.91 Å². The van der Waals surface area contributed by atoms with E-state index in [1.807, 2.05) is 4.90 Å². The summed E-state index contributed by atoms with van der Waals surface area (Å²) in [5.41, 5.74) is -0.188. The summed E-state index contributed by atoms with van der Waals surface area (Å²) in [5.74, 6) is 0.298. The van der Waals surface area contributed by atoms with Gasteiger partial charge in [0.15, 0.2) is 0 Å². The van der Waals surface area contributed by atoms with Crippen molar-refractivity contribution in [2.24, 2.45) is 5.41 Å². The van der Waals surface area contributed by atoms with Gasteiger partial charge in [0.05, 0.1) is 17.9 Å². The standard InChI is InChI=1S/C14H23N3O/c1-2-6-14(7-9-16-11-14)13(18)17(10-3-8-15)12-4-5-12/h12,16H,2-7,9-11H2,1H3. The van der Waals surface area contributed by atoms with Crippen LogP contribution in [-0.2, 0) is 4.79 Å². The van der Waals surface area contributed by atoms with E-state index < -0.39 is 0 Å². The first-order valence-corrected chi connectivity index (χ1v) is 7.12. The molecule has 2 aliphatic rings. The van der Waals surface area contributed by atoms with Crippen molar-refractivity contribution in [3.05, 3.63) is 0 Å². The smallest absolute Gasteiger partial charge is 0.230 e. The average Bonchev–Trinajstić information content (AvgIpc) is 3.09. The molecule has 1 amide bonds. The number of hydrogen-bond acceptors (Lipinski definition) is 3. The van der Waals surface area contributed by atoms with Crippen LogP contribution in [0.4, 0.5) is 0 Å². The highest BCUT2D eigenvalue weighted by Gasteiger charge is 2.45. The van der Waals surface area contributed by atoms with Gasteiger partial charge in [-0.15, -0.1) is 0 Å². The van der Waals surface area contributed by atoms with Gasteiger partial charge in [-0.2, -0.15) is 5.26 Å². The molecule has 1 saturated carbocycles. The van der Waals surface area contributed by atoms with Crippen molar-refractivity contribution in [3.8, 4) is 6.07 Å². The lowest BCUT2D eigenvalue weighted by Gasteiger charge is -2.33. The Hall–Kier alpha value is -1.08. The van der Waals surface area contributed by atoms with Gasteiger partial charge in [0.25, 0.3) is 0 Å². The zero-order valence-corrected chi connectivity index (χ0v) is 11.2. The zero-order valence-electron chi connectivity index (χ0n) is 11.2. The predicted molar refractivity (Wildman–Crippen MR) is 69.8 cm³/mol. The van der Waals surface area contributed by atoms with Gasteiger partial charge in [-0.25, -0.2) is 0 Å². The van der Waals surface area contributed by atoms with Gasteiger partial charge in [0, 0.05) is 19.1 Å². The maximum atomic E-state index is 12.8. The van der Waals surface area contributed by atoms with Crippen molar-refractivity contribution in [2.45, 2.75) is 51.5 Å². The van der Waals surface area contributed by atoms with Crippen molar-refractivity contribution in [3.63, 3.8) is 0 Å². The molecule has 4 heteroatoms. The Bertz CT molecular complexity index is 337. The van der Waals surface area contributed by atoms with Crippen LogP contribution in [0.15, 0.2) is 0 Å². The van der Waals surface area contributed by atoms with Crippen LogP contribution in [0.3, 0.4) is 0 Å².